The van der Waals surface area contributed by atoms with Gasteiger partial charge in [-0.05, 0) is 48.7 Å². The minimum Gasteiger partial charge on any atom is -0.349 e. The van der Waals surface area contributed by atoms with E-state index in [1.165, 1.54) is 0 Å². The number of hydrogen-bond donors (Lipinski definition) is 2. The second-order valence-corrected chi connectivity index (χ2v) is 6.96. The Morgan fingerprint density at radius 3 is 1.83 bits per heavy atom. The monoisotopic (exact) mass is 324 g/mol. The molecule has 0 saturated carbocycles. The summed E-state index contributed by atoms with van der Waals surface area (Å²) >= 11 is 0. The molecule has 2 N–H and O–H groups in total. The number of para-hydroxylation sites is 1. The van der Waals surface area contributed by atoms with Crippen molar-refractivity contribution in [3.63, 3.8) is 0 Å². The fourth-order valence-corrected chi connectivity index (χ4v) is 1.99. The fourth-order valence-electron chi connectivity index (χ4n) is 1.99. The molecule has 0 fully saturated rings. The summed E-state index contributed by atoms with van der Waals surface area (Å²) in [5, 5.41) is 5.80. The molecule has 4 heteroatoms. The van der Waals surface area contributed by atoms with Gasteiger partial charge in [0.15, 0.2) is 0 Å². The van der Waals surface area contributed by atoms with Crippen molar-refractivity contribution >= 4 is 17.5 Å². The van der Waals surface area contributed by atoms with E-state index in [9.17, 15) is 9.59 Å². The van der Waals surface area contributed by atoms with Gasteiger partial charge in [0.05, 0.1) is 0 Å². The Kier molecular flexibility index (Phi) is 5.39. The van der Waals surface area contributed by atoms with Gasteiger partial charge in [-0.3, -0.25) is 9.59 Å². The predicted molar refractivity (Wildman–Crippen MR) is 97.2 cm³/mol. The Morgan fingerprint density at radius 2 is 1.33 bits per heavy atom. The Morgan fingerprint density at radius 1 is 0.833 bits per heavy atom. The number of anilines is 1. The van der Waals surface area contributed by atoms with Crippen molar-refractivity contribution in [2.24, 2.45) is 5.41 Å². The summed E-state index contributed by atoms with van der Waals surface area (Å²) in [6.45, 7) is 8.22. The van der Waals surface area contributed by atoms with E-state index in [4.69, 9.17) is 0 Å². The maximum atomic E-state index is 12.3. The molecular formula is C20H24N2O2. The Balaban J connectivity index is 2.02. The van der Waals surface area contributed by atoms with E-state index in [-0.39, 0.29) is 23.3 Å². The van der Waals surface area contributed by atoms with Gasteiger partial charge >= 0.3 is 0 Å². The molecule has 2 aromatic carbocycles. The van der Waals surface area contributed by atoms with E-state index in [1.54, 1.807) is 24.3 Å². The second-order valence-electron chi connectivity index (χ2n) is 6.96. The summed E-state index contributed by atoms with van der Waals surface area (Å²) in [5.41, 5.74) is 1.79. The highest BCUT2D eigenvalue weighted by Gasteiger charge is 2.22. The van der Waals surface area contributed by atoms with E-state index >= 15 is 0 Å². The minimum absolute atomic E-state index is 0.00876. The Hall–Kier alpha value is -2.62. The molecule has 0 heterocycles. The lowest BCUT2D eigenvalue weighted by Crippen LogP contribution is -2.41. The first-order valence-electron chi connectivity index (χ1n) is 8.04. The molecule has 1 atom stereocenters. The highest BCUT2D eigenvalue weighted by atomic mass is 16.2. The minimum atomic E-state index is -0.198. The van der Waals surface area contributed by atoms with Crippen molar-refractivity contribution in [3.05, 3.63) is 65.7 Å². The summed E-state index contributed by atoms with van der Waals surface area (Å²) in [4.78, 5) is 24.5. The van der Waals surface area contributed by atoms with Crippen molar-refractivity contribution < 1.29 is 9.59 Å². The molecule has 4 nitrogen and oxygen atoms in total. The highest BCUT2D eigenvalue weighted by molar-refractivity contribution is 6.05. The van der Waals surface area contributed by atoms with Crippen molar-refractivity contribution in [1.82, 2.24) is 5.32 Å². The molecule has 24 heavy (non-hydrogen) atoms. The maximum Gasteiger partial charge on any atom is 0.255 e. The van der Waals surface area contributed by atoms with Gasteiger partial charge in [-0.25, -0.2) is 0 Å². The molecular weight excluding hydrogens is 300 g/mol. The zero-order valence-electron chi connectivity index (χ0n) is 14.6. The number of amides is 2. The van der Waals surface area contributed by atoms with Gasteiger partial charge < -0.3 is 10.6 Å². The van der Waals surface area contributed by atoms with Crippen molar-refractivity contribution in [3.8, 4) is 0 Å². The normalized spacial score (nSPS) is 12.3. The zero-order valence-corrected chi connectivity index (χ0v) is 14.6. The predicted octanol–water partition coefficient (Wildman–Crippen LogP) is 4.10. The van der Waals surface area contributed by atoms with E-state index in [0.29, 0.717) is 11.1 Å². The number of rotatable bonds is 4. The van der Waals surface area contributed by atoms with Crippen LogP contribution >= 0.6 is 0 Å². The molecule has 2 aromatic rings. The topological polar surface area (TPSA) is 58.2 Å². The first kappa shape index (κ1) is 17.7. The third kappa shape index (κ3) is 4.69. The SMILES string of the molecule is CC(NC(=O)c1ccc(C(=O)Nc2ccccc2)cc1)C(C)(C)C. The number of carbonyl (C=O) groups is 2. The van der Waals surface area contributed by atoms with Gasteiger partial charge in [-0.1, -0.05) is 39.0 Å². The third-order valence-corrected chi connectivity index (χ3v) is 4.09. The molecule has 0 spiro atoms. The molecule has 126 valence electrons. The summed E-state index contributed by atoms with van der Waals surface area (Å²) in [6, 6.07) is 16.0. The van der Waals surface area contributed by atoms with Crippen LogP contribution in [0.3, 0.4) is 0 Å². The van der Waals surface area contributed by atoms with Gasteiger partial charge in [0.25, 0.3) is 11.8 Å². The van der Waals surface area contributed by atoms with Crippen LogP contribution in [0.25, 0.3) is 0 Å². The number of hydrogen-bond acceptors (Lipinski definition) is 2. The van der Waals surface area contributed by atoms with Crippen LogP contribution in [0.2, 0.25) is 0 Å². The molecule has 0 saturated heterocycles. The maximum absolute atomic E-state index is 12.3. The summed E-state index contributed by atoms with van der Waals surface area (Å²) < 4.78 is 0. The van der Waals surface area contributed by atoms with E-state index in [1.807, 2.05) is 37.3 Å². The first-order chi connectivity index (χ1) is 11.3. The molecule has 0 aromatic heterocycles. The van der Waals surface area contributed by atoms with Crippen molar-refractivity contribution in [2.75, 3.05) is 5.32 Å². The molecule has 1 unspecified atom stereocenters. The quantitative estimate of drug-likeness (QED) is 0.889. The molecule has 2 amide bonds. The van der Waals surface area contributed by atoms with Gasteiger partial charge in [0, 0.05) is 22.9 Å². The van der Waals surface area contributed by atoms with Gasteiger partial charge in [-0.15, -0.1) is 0 Å². The van der Waals surface area contributed by atoms with Gasteiger partial charge in [-0.2, -0.15) is 0 Å². The largest absolute Gasteiger partial charge is 0.349 e. The van der Waals surface area contributed by atoms with Crippen LogP contribution in [-0.4, -0.2) is 17.9 Å². The van der Waals surface area contributed by atoms with E-state index < -0.39 is 0 Å². The molecule has 0 aliphatic rings. The van der Waals surface area contributed by atoms with E-state index in [2.05, 4.69) is 31.4 Å². The molecule has 0 aliphatic heterocycles. The molecule has 0 aliphatic carbocycles. The lowest BCUT2D eigenvalue weighted by atomic mass is 9.88. The highest BCUT2D eigenvalue weighted by Crippen LogP contribution is 2.19. The smallest absolute Gasteiger partial charge is 0.255 e. The van der Waals surface area contributed by atoms with Crippen LogP contribution in [0.5, 0.6) is 0 Å². The van der Waals surface area contributed by atoms with Crippen LogP contribution < -0.4 is 10.6 Å². The molecule has 0 radical (unpaired) electrons. The summed E-state index contributed by atoms with van der Waals surface area (Å²) in [7, 11) is 0. The van der Waals surface area contributed by atoms with Crippen LogP contribution in [0, 0.1) is 5.41 Å². The summed E-state index contributed by atoms with van der Waals surface area (Å²) in [5.74, 6) is -0.330. The van der Waals surface area contributed by atoms with Gasteiger partial charge in [0.1, 0.15) is 0 Å². The Bertz CT molecular complexity index is 701. The average molecular weight is 324 g/mol. The lowest BCUT2D eigenvalue weighted by Gasteiger charge is -2.28. The van der Waals surface area contributed by atoms with Crippen LogP contribution in [0.1, 0.15) is 48.4 Å². The van der Waals surface area contributed by atoms with Crippen LogP contribution in [-0.2, 0) is 0 Å². The Labute approximate surface area is 143 Å². The molecule has 2 rings (SSSR count). The third-order valence-electron chi connectivity index (χ3n) is 4.09. The zero-order chi connectivity index (χ0) is 17.7. The summed E-state index contributed by atoms with van der Waals surface area (Å²) in [6.07, 6.45) is 0. The van der Waals surface area contributed by atoms with Crippen LogP contribution in [0.15, 0.2) is 54.6 Å². The molecule has 0 bridgehead atoms. The number of benzene rings is 2. The van der Waals surface area contributed by atoms with Gasteiger partial charge in [0.2, 0.25) is 0 Å². The standard InChI is InChI=1S/C20H24N2O2/c1-14(20(2,3)4)21-18(23)15-10-12-16(13-11-15)19(24)22-17-8-6-5-7-9-17/h5-14H,1-4H3,(H,21,23)(H,22,24). The fraction of sp³-hybridized carbons (Fsp3) is 0.300. The first-order valence-corrected chi connectivity index (χ1v) is 8.04. The second kappa shape index (κ2) is 7.30. The van der Waals surface area contributed by atoms with Crippen LogP contribution in [0.4, 0.5) is 5.69 Å². The lowest BCUT2D eigenvalue weighted by molar-refractivity contribution is 0.0909. The van der Waals surface area contributed by atoms with Crippen molar-refractivity contribution in [2.45, 2.75) is 33.7 Å². The number of nitrogens with one attached hydrogen (secondary N) is 2. The van der Waals surface area contributed by atoms with Crippen molar-refractivity contribution in [1.29, 1.82) is 0 Å². The van der Waals surface area contributed by atoms with E-state index in [0.717, 1.165) is 5.69 Å². The average Bonchev–Trinajstić information content (AvgIpc) is 2.55. The number of carbonyl (C=O) groups excluding carboxylic acids is 2.